The second-order valence-corrected chi connectivity index (χ2v) is 4.66. The normalized spacial score (nSPS) is 27.0. The molecule has 2 nitrogen and oxygen atoms in total. The highest BCUT2D eigenvalue weighted by molar-refractivity contribution is 5.27. The van der Waals surface area contributed by atoms with Crippen molar-refractivity contribution in [2.24, 2.45) is 5.73 Å². The molecule has 88 valence electrons. The van der Waals surface area contributed by atoms with Crippen LogP contribution in [-0.4, -0.2) is 25.0 Å². The maximum absolute atomic E-state index is 13.1. The maximum Gasteiger partial charge on any atom is 0.126 e. The molecule has 2 N–H and O–H groups in total. The molecular formula is C12H16F2N2. The molecule has 1 aliphatic rings. The summed E-state index contributed by atoms with van der Waals surface area (Å²) in [6, 6.07) is 3.55. The van der Waals surface area contributed by atoms with Crippen molar-refractivity contribution in [2.75, 3.05) is 20.1 Å². The van der Waals surface area contributed by atoms with Crippen LogP contribution in [0.15, 0.2) is 18.2 Å². The van der Waals surface area contributed by atoms with Crippen molar-refractivity contribution < 1.29 is 8.78 Å². The fraction of sp³-hybridized carbons (Fsp3) is 0.500. The fourth-order valence-corrected chi connectivity index (χ4v) is 2.38. The monoisotopic (exact) mass is 226 g/mol. The minimum absolute atomic E-state index is 0.552. The van der Waals surface area contributed by atoms with Crippen molar-refractivity contribution in [1.82, 2.24) is 4.90 Å². The van der Waals surface area contributed by atoms with E-state index >= 15 is 0 Å². The van der Waals surface area contributed by atoms with Crippen molar-refractivity contribution >= 4 is 0 Å². The molecule has 0 spiro atoms. The van der Waals surface area contributed by atoms with Gasteiger partial charge in [-0.3, -0.25) is 0 Å². The second-order valence-electron chi connectivity index (χ2n) is 4.66. The first-order valence-corrected chi connectivity index (χ1v) is 5.44. The number of likely N-dealkylation sites (N-methyl/N-ethyl adjacent to an activating group) is 1. The van der Waals surface area contributed by atoms with Crippen molar-refractivity contribution in [1.29, 1.82) is 0 Å². The molecule has 1 atom stereocenters. The molecule has 16 heavy (non-hydrogen) atoms. The fourth-order valence-electron chi connectivity index (χ4n) is 2.38. The van der Waals surface area contributed by atoms with Crippen molar-refractivity contribution in [3.8, 4) is 0 Å². The van der Waals surface area contributed by atoms with Gasteiger partial charge in [0, 0.05) is 12.6 Å². The van der Waals surface area contributed by atoms with Crippen molar-refractivity contribution in [2.45, 2.75) is 18.4 Å². The quantitative estimate of drug-likeness (QED) is 0.791. The zero-order valence-electron chi connectivity index (χ0n) is 9.34. The third kappa shape index (κ3) is 2.23. The number of rotatable bonds is 1. The Bertz CT molecular complexity index is 374. The lowest BCUT2D eigenvalue weighted by molar-refractivity contribution is 0.179. The first-order valence-electron chi connectivity index (χ1n) is 5.44. The molecule has 1 aromatic carbocycles. The van der Waals surface area contributed by atoms with Crippen LogP contribution < -0.4 is 5.73 Å². The van der Waals surface area contributed by atoms with Gasteiger partial charge in [-0.1, -0.05) is 0 Å². The van der Waals surface area contributed by atoms with E-state index < -0.39 is 17.2 Å². The van der Waals surface area contributed by atoms with E-state index in [9.17, 15) is 8.78 Å². The zero-order valence-corrected chi connectivity index (χ0v) is 9.34. The van der Waals surface area contributed by atoms with Crippen LogP contribution in [-0.2, 0) is 5.54 Å². The van der Waals surface area contributed by atoms with Gasteiger partial charge in [0.1, 0.15) is 11.6 Å². The molecule has 1 unspecified atom stereocenters. The van der Waals surface area contributed by atoms with Gasteiger partial charge in [0.15, 0.2) is 0 Å². The van der Waals surface area contributed by atoms with Gasteiger partial charge in [0.25, 0.3) is 0 Å². The minimum Gasteiger partial charge on any atom is -0.320 e. The van der Waals surface area contributed by atoms with Crippen LogP contribution in [0, 0.1) is 11.6 Å². The lowest BCUT2D eigenvalue weighted by atomic mass is 9.83. The first-order chi connectivity index (χ1) is 7.49. The lowest BCUT2D eigenvalue weighted by Crippen LogP contribution is -2.50. The van der Waals surface area contributed by atoms with E-state index in [0.29, 0.717) is 12.1 Å². The molecular weight excluding hydrogens is 210 g/mol. The third-order valence-electron chi connectivity index (χ3n) is 3.15. The minimum atomic E-state index is -0.629. The molecule has 0 amide bonds. The summed E-state index contributed by atoms with van der Waals surface area (Å²) in [5.74, 6) is -1.12. The Morgan fingerprint density at radius 3 is 2.44 bits per heavy atom. The summed E-state index contributed by atoms with van der Waals surface area (Å²) in [6.45, 7) is 1.62. The van der Waals surface area contributed by atoms with Crippen LogP contribution >= 0.6 is 0 Å². The van der Waals surface area contributed by atoms with Crippen LogP contribution in [0.3, 0.4) is 0 Å². The molecule has 1 heterocycles. The number of benzene rings is 1. The lowest BCUT2D eigenvalue weighted by Gasteiger charge is -2.39. The van der Waals surface area contributed by atoms with E-state index in [1.54, 1.807) is 0 Å². The van der Waals surface area contributed by atoms with Gasteiger partial charge >= 0.3 is 0 Å². The van der Waals surface area contributed by atoms with E-state index in [1.807, 2.05) is 7.05 Å². The number of nitrogens with two attached hydrogens (primary N) is 1. The number of likely N-dealkylation sites (tertiary alicyclic amines) is 1. The summed E-state index contributed by atoms with van der Waals surface area (Å²) in [7, 11) is 1.97. The largest absolute Gasteiger partial charge is 0.320 e. The van der Waals surface area contributed by atoms with E-state index in [2.05, 4.69) is 4.90 Å². The zero-order chi connectivity index (χ0) is 11.8. The van der Waals surface area contributed by atoms with Crippen LogP contribution in [0.5, 0.6) is 0 Å². The number of hydrogen-bond acceptors (Lipinski definition) is 2. The first kappa shape index (κ1) is 11.5. The highest BCUT2D eigenvalue weighted by atomic mass is 19.1. The standard InChI is InChI=1S/C12H16F2N2/c1-16-4-2-3-12(15,8-16)9-5-10(13)7-11(14)6-9/h5-7H,2-4,8,15H2,1H3. The van der Waals surface area contributed by atoms with Gasteiger partial charge in [0.2, 0.25) is 0 Å². The number of piperidine rings is 1. The number of hydrogen-bond donors (Lipinski definition) is 1. The topological polar surface area (TPSA) is 29.3 Å². The van der Waals surface area contributed by atoms with Gasteiger partial charge in [-0.05, 0) is 44.1 Å². The van der Waals surface area contributed by atoms with E-state index in [0.717, 1.165) is 25.5 Å². The Balaban J connectivity index is 2.34. The van der Waals surface area contributed by atoms with E-state index in [1.165, 1.54) is 12.1 Å². The molecule has 0 bridgehead atoms. The molecule has 1 aromatic rings. The summed E-state index contributed by atoms with van der Waals surface area (Å²) >= 11 is 0. The Morgan fingerprint density at radius 2 is 1.88 bits per heavy atom. The number of nitrogens with zero attached hydrogens (tertiary/aromatic N) is 1. The highest BCUT2D eigenvalue weighted by Gasteiger charge is 2.32. The Morgan fingerprint density at radius 1 is 1.25 bits per heavy atom. The summed E-state index contributed by atoms with van der Waals surface area (Å²) in [4.78, 5) is 2.09. The highest BCUT2D eigenvalue weighted by Crippen LogP contribution is 2.29. The second kappa shape index (κ2) is 4.11. The summed E-state index contributed by atoms with van der Waals surface area (Å²) in [5, 5.41) is 0. The Labute approximate surface area is 94.0 Å². The summed E-state index contributed by atoms with van der Waals surface area (Å²) in [5.41, 5.74) is 6.16. The Kier molecular flexibility index (Phi) is 2.95. The molecule has 1 aliphatic heterocycles. The van der Waals surface area contributed by atoms with E-state index in [4.69, 9.17) is 5.73 Å². The summed E-state index contributed by atoms with van der Waals surface area (Å²) < 4.78 is 26.3. The Hall–Kier alpha value is -1.00. The third-order valence-corrected chi connectivity index (χ3v) is 3.15. The maximum atomic E-state index is 13.1. The molecule has 0 saturated carbocycles. The average molecular weight is 226 g/mol. The van der Waals surface area contributed by atoms with Crippen LogP contribution in [0.4, 0.5) is 8.78 Å². The summed E-state index contributed by atoms with van der Waals surface area (Å²) in [6.07, 6.45) is 1.71. The van der Waals surface area contributed by atoms with Crippen LogP contribution in [0.1, 0.15) is 18.4 Å². The van der Waals surface area contributed by atoms with Crippen LogP contribution in [0.2, 0.25) is 0 Å². The van der Waals surface area contributed by atoms with Gasteiger partial charge in [0.05, 0.1) is 5.54 Å². The molecule has 0 radical (unpaired) electrons. The van der Waals surface area contributed by atoms with Crippen LogP contribution in [0.25, 0.3) is 0 Å². The van der Waals surface area contributed by atoms with E-state index in [-0.39, 0.29) is 0 Å². The molecule has 1 saturated heterocycles. The molecule has 4 heteroatoms. The predicted octanol–water partition coefficient (Wildman–Crippen LogP) is 1.84. The molecule has 0 aromatic heterocycles. The van der Waals surface area contributed by atoms with Gasteiger partial charge in [-0.25, -0.2) is 8.78 Å². The van der Waals surface area contributed by atoms with Crippen molar-refractivity contribution in [3.63, 3.8) is 0 Å². The average Bonchev–Trinajstić information content (AvgIpc) is 2.15. The van der Waals surface area contributed by atoms with Crippen molar-refractivity contribution in [3.05, 3.63) is 35.4 Å². The molecule has 2 rings (SSSR count). The van der Waals surface area contributed by atoms with Gasteiger partial charge < -0.3 is 10.6 Å². The molecule has 1 fully saturated rings. The SMILES string of the molecule is CN1CCCC(N)(c2cc(F)cc(F)c2)C1. The number of halogens is 2. The van der Waals surface area contributed by atoms with Gasteiger partial charge in [-0.15, -0.1) is 0 Å². The smallest absolute Gasteiger partial charge is 0.126 e. The molecule has 0 aliphatic carbocycles. The van der Waals surface area contributed by atoms with Gasteiger partial charge in [-0.2, -0.15) is 0 Å². The predicted molar refractivity (Wildman–Crippen MR) is 59.0 cm³/mol.